The van der Waals surface area contributed by atoms with Gasteiger partial charge in [0, 0.05) is 11.1 Å². The van der Waals surface area contributed by atoms with E-state index in [9.17, 15) is 4.79 Å². The van der Waals surface area contributed by atoms with Crippen LogP contribution in [-0.2, 0) is 0 Å². The van der Waals surface area contributed by atoms with E-state index in [1.165, 1.54) is 0 Å². The Bertz CT molecular complexity index is 915. The Balaban J connectivity index is 1.85. The minimum absolute atomic E-state index is 0.143. The van der Waals surface area contributed by atoms with Gasteiger partial charge in [-0.3, -0.25) is 4.79 Å². The Labute approximate surface area is 159 Å². The predicted molar refractivity (Wildman–Crippen MR) is 105 cm³/mol. The van der Waals surface area contributed by atoms with E-state index < -0.39 is 0 Å². The molecule has 0 aliphatic carbocycles. The molecule has 0 saturated heterocycles. The number of carbonyl (C=O) groups is 1. The van der Waals surface area contributed by atoms with Gasteiger partial charge in [-0.05, 0) is 38.0 Å². The lowest BCUT2D eigenvalue weighted by molar-refractivity contribution is 0.0910. The van der Waals surface area contributed by atoms with Gasteiger partial charge in [-0.1, -0.05) is 66.9 Å². The summed E-state index contributed by atoms with van der Waals surface area (Å²) in [5.41, 5.74) is 3.76. The highest BCUT2D eigenvalue weighted by atomic mass is 16.5. The molecule has 3 aromatic rings. The van der Waals surface area contributed by atoms with Gasteiger partial charge in [-0.15, -0.1) is 0 Å². The maximum atomic E-state index is 12.7. The molecule has 1 N–H and O–H groups in total. The molecule has 5 nitrogen and oxygen atoms in total. The highest BCUT2D eigenvalue weighted by molar-refractivity contribution is 5.94. The predicted octanol–water partition coefficient (Wildman–Crippen LogP) is 4.87. The van der Waals surface area contributed by atoms with E-state index in [1.807, 2.05) is 62.4 Å². The van der Waals surface area contributed by atoms with E-state index in [1.54, 1.807) is 0 Å². The van der Waals surface area contributed by atoms with Crippen LogP contribution >= 0.6 is 0 Å². The zero-order chi connectivity index (χ0) is 19.4. The first-order chi connectivity index (χ1) is 13.0. The van der Waals surface area contributed by atoms with Crippen molar-refractivity contribution >= 4 is 5.91 Å². The molecule has 1 heterocycles. The van der Waals surface area contributed by atoms with Crippen molar-refractivity contribution in [3.05, 3.63) is 71.1 Å². The summed E-state index contributed by atoms with van der Waals surface area (Å²) in [4.78, 5) is 17.2. The maximum Gasteiger partial charge on any atom is 0.251 e. The fourth-order valence-electron chi connectivity index (χ4n) is 2.88. The van der Waals surface area contributed by atoms with Gasteiger partial charge in [0.2, 0.25) is 11.7 Å². The summed E-state index contributed by atoms with van der Waals surface area (Å²) in [7, 11) is 0. The molecule has 2 atom stereocenters. The molecule has 1 aromatic heterocycles. The monoisotopic (exact) mass is 363 g/mol. The molecule has 27 heavy (non-hydrogen) atoms. The average molecular weight is 363 g/mol. The number of aromatic nitrogens is 2. The second kappa shape index (κ2) is 8.16. The molecule has 2 aromatic carbocycles. The third kappa shape index (κ3) is 4.42. The summed E-state index contributed by atoms with van der Waals surface area (Å²) in [6.45, 7) is 8.16. The lowest BCUT2D eigenvalue weighted by Gasteiger charge is -2.20. The third-order valence-electron chi connectivity index (χ3n) is 4.80. The van der Waals surface area contributed by atoms with Crippen LogP contribution in [0.3, 0.4) is 0 Å². The largest absolute Gasteiger partial charge is 0.340 e. The smallest absolute Gasteiger partial charge is 0.251 e. The molecule has 1 amide bonds. The first-order valence-electron chi connectivity index (χ1n) is 9.26. The van der Waals surface area contributed by atoms with Crippen LogP contribution < -0.4 is 5.32 Å². The highest BCUT2D eigenvalue weighted by Crippen LogP contribution is 2.26. The second-order valence-corrected chi connectivity index (χ2v) is 7.03. The van der Waals surface area contributed by atoms with Crippen LogP contribution in [-0.4, -0.2) is 16.0 Å². The molecule has 0 bridgehead atoms. The lowest BCUT2D eigenvalue weighted by atomic mass is 9.98. The van der Waals surface area contributed by atoms with Crippen LogP contribution in [0.4, 0.5) is 0 Å². The van der Waals surface area contributed by atoms with E-state index in [2.05, 4.69) is 29.3 Å². The Morgan fingerprint density at radius 2 is 1.85 bits per heavy atom. The highest BCUT2D eigenvalue weighted by Gasteiger charge is 2.27. The molecule has 0 unspecified atom stereocenters. The number of rotatable bonds is 6. The van der Waals surface area contributed by atoms with Crippen molar-refractivity contribution in [2.45, 2.75) is 40.2 Å². The molecule has 0 radical (unpaired) electrons. The van der Waals surface area contributed by atoms with Crippen LogP contribution in [0.25, 0.3) is 11.4 Å². The van der Waals surface area contributed by atoms with Crippen molar-refractivity contribution in [2.24, 2.45) is 5.92 Å². The molecule has 5 heteroatoms. The Morgan fingerprint density at radius 3 is 2.52 bits per heavy atom. The zero-order valence-corrected chi connectivity index (χ0v) is 16.2. The maximum absolute atomic E-state index is 12.7. The Morgan fingerprint density at radius 1 is 1.11 bits per heavy atom. The van der Waals surface area contributed by atoms with Crippen LogP contribution in [0.5, 0.6) is 0 Å². The summed E-state index contributed by atoms with van der Waals surface area (Å²) in [6, 6.07) is 15.1. The minimum Gasteiger partial charge on any atom is -0.340 e. The van der Waals surface area contributed by atoms with Gasteiger partial charge in [0.25, 0.3) is 5.91 Å². The number of amides is 1. The van der Waals surface area contributed by atoms with Gasteiger partial charge in [0.05, 0.1) is 0 Å². The quantitative estimate of drug-likeness (QED) is 0.678. The van der Waals surface area contributed by atoms with Gasteiger partial charge < -0.3 is 9.84 Å². The molecule has 140 valence electrons. The van der Waals surface area contributed by atoms with Crippen molar-refractivity contribution in [1.29, 1.82) is 0 Å². The molecular formula is C22H25N3O2. The third-order valence-corrected chi connectivity index (χ3v) is 4.80. The number of benzene rings is 2. The van der Waals surface area contributed by atoms with Crippen molar-refractivity contribution < 1.29 is 9.32 Å². The topological polar surface area (TPSA) is 68.0 Å². The molecule has 0 spiro atoms. The first kappa shape index (κ1) is 18.8. The molecule has 0 aliphatic heterocycles. The average Bonchev–Trinajstić information content (AvgIpc) is 3.15. The second-order valence-electron chi connectivity index (χ2n) is 7.03. The van der Waals surface area contributed by atoms with Gasteiger partial charge in [-0.25, -0.2) is 0 Å². The fraction of sp³-hybridized carbons (Fsp3) is 0.318. The molecule has 3 rings (SSSR count). The number of hydrogen-bond donors (Lipinski definition) is 1. The summed E-state index contributed by atoms with van der Waals surface area (Å²) >= 11 is 0. The standard InChI is InChI=1S/C22H25N3O2/c1-5-16(4)19(23-21(26)17-11-9-14(2)10-12-17)22-24-20(25-27-22)18-8-6-7-15(3)13-18/h6-13,16,19H,5H2,1-4H3,(H,23,26)/t16-,19+/m1/s1. The number of carbonyl (C=O) groups excluding carboxylic acids is 1. The Hall–Kier alpha value is -2.95. The summed E-state index contributed by atoms with van der Waals surface area (Å²) < 4.78 is 5.52. The van der Waals surface area contributed by atoms with Crippen molar-refractivity contribution in [3.63, 3.8) is 0 Å². The number of aryl methyl sites for hydroxylation is 2. The molecular weight excluding hydrogens is 338 g/mol. The summed E-state index contributed by atoms with van der Waals surface area (Å²) in [5, 5.41) is 7.18. The molecule has 0 saturated carbocycles. The van der Waals surface area contributed by atoms with E-state index in [0.29, 0.717) is 17.3 Å². The lowest BCUT2D eigenvalue weighted by Crippen LogP contribution is -2.32. The van der Waals surface area contributed by atoms with Crippen LogP contribution in [0.2, 0.25) is 0 Å². The minimum atomic E-state index is -0.338. The summed E-state index contributed by atoms with van der Waals surface area (Å²) in [6.07, 6.45) is 0.876. The first-order valence-corrected chi connectivity index (χ1v) is 9.26. The number of nitrogens with one attached hydrogen (secondary N) is 1. The van der Waals surface area contributed by atoms with Gasteiger partial charge >= 0.3 is 0 Å². The number of hydrogen-bond acceptors (Lipinski definition) is 4. The normalized spacial score (nSPS) is 13.2. The van der Waals surface area contributed by atoms with Gasteiger partial charge in [-0.2, -0.15) is 4.98 Å². The van der Waals surface area contributed by atoms with E-state index in [4.69, 9.17) is 4.52 Å². The molecule has 0 aliphatic rings. The SMILES string of the molecule is CC[C@@H](C)[C@H](NC(=O)c1ccc(C)cc1)c1nc(-c2cccc(C)c2)no1. The van der Waals surface area contributed by atoms with Gasteiger partial charge in [0.15, 0.2) is 0 Å². The van der Waals surface area contributed by atoms with E-state index in [-0.39, 0.29) is 17.9 Å². The van der Waals surface area contributed by atoms with Crippen LogP contribution in [0.15, 0.2) is 53.1 Å². The van der Waals surface area contributed by atoms with Gasteiger partial charge in [0.1, 0.15) is 6.04 Å². The van der Waals surface area contributed by atoms with Crippen LogP contribution in [0, 0.1) is 19.8 Å². The molecule has 0 fully saturated rings. The van der Waals surface area contributed by atoms with Crippen molar-refractivity contribution in [2.75, 3.05) is 0 Å². The summed E-state index contributed by atoms with van der Waals surface area (Å²) in [5.74, 6) is 0.980. The van der Waals surface area contributed by atoms with E-state index in [0.717, 1.165) is 23.1 Å². The van der Waals surface area contributed by atoms with Crippen molar-refractivity contribution in [3.8, 4) is 11.4 Å². The fourth-order valence-corrected chi connectivity index (χ4v) is 2.88. The van der Waals surface area contributed by atoms with Crippen LogP contribution in [0.1, 0.15) is 53.7 Å². The Kier molecular flexibility index (Phi) is 5.69. The van der Waals surface area contributed by atoms with E-state index >= 15 is 0 Å². The van der Waals surface area contributed by atoms with Crippen molar-refractivity contribution in [1.82, 2.24) is 15.5 Å². The zero-order valence-electron chi connectivity index (χ0n) is 16.2. The number of nitrogens with zero attached hydrogens (tertiary/aromatic N) is 2.